The summed E-state index contributed by atoms with van der Waals surface area (Å²) in [5, 5.41) is 11.0. The maximum atomic E-state index is 5.99. The van der Waals surface area contributed by atoms with Crippen molar-refractivity contribution in [3.63, 3.8) is 0 Å². The number of aliphatic imine (C=N–C) groups is 1. The largest absolute Gasteiger partial charge is 0.381 e. The molecule has 0 unspecified atom stereocenters. The fraction of sp³-hybridized carbons (Fsp3) is 0.500. The maximum absolute atomic E-state index is 5.99. The van der Waals surface area contributed by atoms with E-state index in [2.05, 4.69) is 25.8 Å². The SMILES string of the molecule is CN=C(NCCCOCC1CC1)NCc1nc(-c2cccc(Cl)c2)no1.I. The van der Waals surface area contributed by atoms with Crippen LogP contribution in [0.1, 0.15) is 25.2 Å². The molecule has 1 aliphatic carbocycles. The zero-order chi connectivity index (χ0) is 18.2. The molecule has 3 rings (SSSR count). The molecule has 27 heavy (non-hydrogen) atoms. The summed E-state index contributed by atoms with van der Waals surface area (Å²) in [4.78, 5) is 8.55. The predicted octanol–water partition coefficient (Wildman–Crippen LogP) is 3.49. The molecular weight excluding hydrogens is 481 g/mol. The number of aromatic nitrogens is 2. The molecule has 0 spiro atoms. The van der Waals surface area contributed by atoms with Crippen LogP contribution in [0.3, 0.4) is 0 Å². The lowest BCUT2D eigenvalue weighted by Gasteiger charge is -2.10. The second-order valence-corrected chi connectivity index (χ2v) is 6.68. The van der Waals surface area contributed by atoms with Gasteiger partial charge in [0.2, 0.25) is 11.7 Å². The summed E-state index contributed by atoms with van der Waals surface area (Å²) in [7, 11) is 1.73. The van der Waals surface area contributed by atoms with Gasteiger partial charge in [-0.2, -0.15) is 4.98 Å². The van der Waals surface area contributed by atoms with Gasteiger partial charge in [-0.25, -0.2) is 0 Å². The van der Waals surface area contributed by atoms with E-state index in [9.17, 15) is 0 Å². The van der Waals surface area contributed by atoms with Gasteiger partial charge in [-0.3, -0.25) is 4.99 Å². The molecule has 2 N–H and O–H groups in total. The smallest absolute Gasteiger partial charge is 0.246 e. The Morgan fingerprint density at radius 1 is 1.37 bits per heavy atom. The average molecular weight is 506 g/mol. The Hall–Kier alpha value is -1.39. The second kappa shape index (κ2) is 11.5. The summed E-state index contributed by atoms with van der Waals surface area (Å²) in [6, 6.07) is 7.35. The molecule has 0 aliphatic heterocycles. The first-order chi connectivity index (χ1) is 12.7. The number of nitrogens with one attached hydrogen (secondary N) is 2. The van der Waals surface area contributed by atoms with E-state index < -0.39 is 0 Å². The van der Waals surface area contributed by atoms with E-state index >= 15 is 0 Å². The van der Waals surface area contributed by atoms with Gasteiger partial charge >= 0.3 is 0 Å². The Balaban J connectivity index is 0.00000261. The Bertz CT molecular complexity index is 736. The first-order valence-corrected chi connectivity index (χ1v) is 9.23. The number of nitrogens with zero attached hydrogens (tertiary/aromatic N) is 3. The van der Waals surface area contributed by atoms with Gasteiger partial charge in [0, 0.05) is 37.4 Å². The number of rotatable bonds is 9. The molecule has 7 nitrogen and oxygen atoms in total. The Labute approximate surface area is 181 Å². The van der Waals surface area contributed by atoms with Crippen LogP contribution in [0.4, 0.5) is 0 Å². The van der Waals surface area contributed by atoms with Crippen LogP contribution in [0.15, 0.2) is 33.8 Å². The number of guanidine groups is 1. The van der Waals surface area contributed by atoms with Crippen LogP contribution >= 0.6 is 35.6 Å². The highest BCUT2D eigenvalue weighted by molar-refractivity contribution is 14.0. The van der Waals surface area contributed by atoms with Gasteiger partial charge in [0.1, 0.15) is 0 Å². The summed E-state index contributed by atoms with van der Waals surface area (Å²) in [6.07, 6.45) is 3.58. The Kier molecular flexibility index (Phi) is 9.29. The zero-order valence-corrected chi connectivity index (χ0v) is 18.4. The quantitative estimate of drug-likeness (QED) is 0.235. The molecule has 1 aromatic carbocycles. The summed E-state index contributed by atoms with van der Waals surface area (Å²) in [5.41, 5.74) is 0.821. The number of hydrogen-bond acceptors (Lipinski definition) is 5. The third-order valence-corrected chi connectivity index (χ3v) is 4.23. The number of hydrogen-bond donors (Lipinski definition) is 2. The summed E-state index contributed by atoms with van der Waals surface area (Å²) in [6.45, 7) is 2.86. The molecule has 9 heteroatoms. The molecule has 148 valence electrons. The zero-order valence-electron chi connectivity index (χ0n) is 15.3. The van der Waals surface area contributed by atoms with E-state index in [1.54, 1.807) is 19.2 Å². The summed E-state index contributed by atoms with van der Waals surface area (Å²) in [5.74, 6) is 2.49. The minimum absolute atomic E-state index is 0. The first kappa shape index (κ1) is 21.9. The van der Waals surface area contributed by atoms with E-state index in [4.69, 9.17) is 20.9 Å². The van der Waals surface area contributed by atoms with Gasteiger partial charge in [0.15, 0.2) is 5.96 Å². The molecule has 0 saturated heterocycles. The van der Waals surface area contributed by atoms with Crippen LogP contribution in [-0.4, -0.2) is 42.9 Å². The van der Waals surface area contributed by atoms with Crippen LogP contribution in [0.5, 0.6) is 0 Å². The van der Waals surface area contributed by atoms with E-state index in [1.807, 2.05) is 12.1 Å². The van der Waals surface area contributed by atoms with Gasteiger partial charge in [0.25, 0.3) is 0 Å². The third-order valence-electron chi connectivity index (χ3n) is 3.99. The lowest BCUT2D eigenvalue weighted by atomic mass is 10.2. The normalized spacial score (nSPS) is 13.9. The fourth-order valence-corrected chi connectivity index (χ4v) is 2.56. The van der Waals surface area contributed by atoms with Gasteiger partial charge in [0.05, 0.1) is 6.54 Å². The highest BCUT2D eigenvalue weighted by atomic mass is 127. The number of ether oxygens (including phenoxy) is 1. The van der Waals surface area contributed by atoms with Crippen molar-refractivity contribution >= 4 is 41.5 Å². The minimum Gasteiger partial charge on any atom is -0.381 e. The van der Waals surface area contributed by atoms with Crippen molar-refractivity contribution in [1.29, 1.82) is 0 Å². The topological polar surface area (TPSA) is 84.6 Å². The minimum atomic E-state index is 0. The monoisotopic (exact) mass is 505 g/mol. The Morgan fingerprint density at radius 2 is 2.22 bits per heavy atom. The van der Waals surface area contributed by atoms with Crippen molar-refractivity contribution in [2.75, 3.05) is 26.8 Å². The molecule has 0 bridgehead atoms. The highest BCUT2D eigenvalue weighted by Crippen LogP contribution is 2.28. The molecule has 0 atom stereocenters. The fourth-order valence-electron chi connectivity index (χ4n) is 2.37. The molecule has 1 heterocycles. The maximum Gasteiger partial charge on any atom is 0.246 e. The predicted molar refractivity (Wildman–Crippen MR) is 117 cm³/mol. The molecule has 2 aromatic rings. The lowest BCUT2D eigenvalue weighted by molar-refractivity contribution is 0.123. The van der Waals surface area contributed by atoms with Gasteiger partial charge < -0.3 is 19.9 Å². The van der Waals surface area contributed by atoms with Crippen molar-refractivity contribution in [1.82, 2.24) is 20.8 Å². The van der Waals surface area contributed by atoms with Gasteiger partial charge in [-0.15, -0.1) is 24.0 Å². The van der Waals surface area contributed by atoms with E-state index in [0.29, 0.717) is 29.2 Å². The van der Waals surface area contributed by atoms with E-state index in [0.717, 1.165) is 37.7 Å². The van der Waals surface area contributed by atoms with Crippen LogP contribution in [-0.2, 0) is 11.3 Å². The van der Waals surface area contributed by atoms with E-state index in [-0.39, 0.29) is 24.0 Å². The van der Waals surface area contributed by atoms with Crippen LogP contribution in [0, 0.1) is 5.92 Å². The third kappa shape index (κ3) is 7.63. The van der Waals surface area contributed by atoms with Crippen LogP contribution in [0.2, 0.25) is 5.02 Å². The molecular formula is C18H25ClIN5O2. The van der Waals surface area contributed by atoms with Gasteiger partial charge in [-0.1, -0.05) is 28.9 Å². The van der Waals surface area contributed by atoms with Crippen LogP contribution in [0.25, 0.3) is 11.4 Å². The van der Waals surface area contributed by atoms with Crippen molar-refractivity contribution < 1.29 is 9.26 Å². The first-order valence-electron chi connectivity index (χ1n) is 8.85. The lowest BCUT2D eigenvalue weighted by Crippen LogP contribution is -2.37. The van der Waals surface area contributed by atoms with Crippen molar-refractivity contribution in [3.8, 4) is 11.4 Å². The Morgan fingerprint density at radius 3 is 2.96 bits per heavy atom. The molecule has 0 amide bonds. The summed E-state index contributed by atoms with van der Waals surface area (Å²) >= 11 is 5.99. The standard InChI is InChI=1S/C18H24ClN5O2.HI/c1-20-18(21-8-3-9-25-12-13-6-7-13)22-11-16-23-17(24-26-16)14-4-2-5-15(19)10-14;/h2,4-5,10,13H,3,6-9,11-12H2,1H3,(H2,20,21,22);1H. The second-order valence-electron chi connectivity index (χ2n) is 6.25. The molecule has 1 aromatic heterocycles. The number of benzene rings is 1. The molecule has 1 aliphatic rings. The molecule has 1 saturated carbocycles. The van der Waals surface area contributed by atoms with Crippen molar-refractivity contribution in [2.24, 2.45) is 10.9 Å². The average Bonchev–Trinajstić information content (AvgIpc) is 3.35. The highest BCUT2D eigenvalue weighted by Gasteiger charge is 2.20. The van der Waals surface area contributed by atoms with Crippen LogP contribution < -0.4 is 10.6 Å². The number of halogens is 2. The molecule has 0 radical (unpaired) electrons. The van der Waals surface area contributed by atoms with Crippen molar-refractivity contribution in [3.05, 3.63) is 35.2 Å². The van der Waals surface area contributed by atoms with Crippen molar-refractivity contribution in [2.45, 2.75) is 25.8 Å². The van der Waals surface area contributed by atoms with E-state index in [1.165, 1.54) is 12.8 Å². The summed E-state index contributed by atoms with van der Waals surface area (Å²) < 4.78 is 10.9. The molecule has 1 fully saturated rings. The van der Waals surface area contributed by atoms with Gasteiger partial charge in [-0.05, 0) is 37.3 Å².